The van der Waals surface area contributed by atoms with Crippen LogP contribution in [-0.2, 0) is 11.2 Å². The van der Waals surface area contributed by atoms with Crippen LogP contribution in [-0.4, -0.2) is 16.2 Å². The fourth-order valence-electron chi connectivity index (χ4n) is 1.18. The Kier molecular flexibility index (Phi) is 2.73. The molecule has 14 heavy (non-hydrogen) atoms. The molecular formula is C10H9NO3. The summed E-state index contributed by atoms with van der Waals surface area (Å²) in [6.07, 6.45) is -0.277. The Morgan fingerprint density at radius 2 is 2.21 bits per heavy atom. The summed E-state index contributed by atoms with van der Waals surface area (Å²) in [5.74, 6) is -1.26. The number of nitriles is 1. The first-order valence-electron chi connectivity index (χ1n) is 3.99. The van der Waals surface area contributed by atoms with Gasteiger partial charge in [-0.25, -0.2) is 0 Å². The third kappa shape index (κ3) is 1.83. The summed E-state index contributed by atoms with van der Waals surface area (Å²) in [6, 6.07) is 4.97. The van der Waals surface area contributed by atoms with Gasteiger partial charge in [-0.15, -0.1) is 0 Å². The molecule has 1 aromatic carbocycles. The van der Waals surface area contributed by atoms with Gasteiger partial charge in [0.1, 0.15) is 11.8 Å². The predicted octanol–water partition coefficient (Wildman–Crippen LogP) is 1.20. The summed E-state index contributed by atoms with van der Waals surface area (Å²) in [5, 5.41) is 26.8. The summed E-state index contributed by atoms with van der Waals surface area (Å²) in [5.41, 5.74) is 1.04. The summed E-state index contributed by atoms with van der Waals surface area (Å²) in [6.45, 7) is 1.68. The van der Waals surface area contributed by atoms with Crippen LogP contribution in [0.4, 0.5) is 0 Å². The molecule has 0 radical (unpaired) electrons. The van der Waals surface area contributed by atoms with Gasteiger partial charge in [-0.2, -0.15) is 5.26 Å². The van der Waals surface area contributed by atoms with Gasteiger partial charge in [-0.1, -0.05) is 12.1 Å². The molecule has 0 aromatic heterocycles. The second kappa shape index (κ2) is 3.79. The lowest BCUT2D eigenvalue weighted by molar-refractivity contribution is -0.136. The van der Waals surface area contributed by atoms with Crippen LogP contribution in [0.25, 0.3) is 0 Å². The van der Waals surface area contributed by atoms with Crippen molar-refractivity contribution in [2.24, 2.45) is 0 Å². The number of benzene rings is 1. The van der Waals surface area contributed by atoms with Crippen molar-refractivity contribution in [1.82, 2.24) is 0 Å². The van der Waals surface area contributed by atoms with Gasteiger partial charge < -0.3 is 10.2 Å². The molecule has 1 rings (SSSR count). The van der Waals surface area contributed by atoms with E-state index in [2.05, 4.69) is 0 Å². The van der Waals surface area contributed by atoms with Gasteiger partial charge in [-0.05, 0) is 12.5 Å². The first-order valence-corrected chi connectivity index (χ1v) is 3.99. The maximum atomic E-state index is 10.4. The predicted molar refractivity (Wildman–Crippen MR) is 48.9 cm³/mol. The summed E-state index contributed by atoms with van der Waals surface area (Å²) in [7, 11) is 0. The van der Waals surface area contributed by atoms with Crippen LogP contribution in [0.3, 0.4) is 0 Å². The Morgan fingerprint density at radius 3 is 2.71 bits per heavy atom. The van der Waals surface area contributed by atoms with Gasteiger partial charge >= 0.3 is 5.97 Å². The topological polar surface area (TPSA) is 81.3 Å². The lowest BCUT2D eigenvalue weighted by Crippen LogP contribution is -2.01. The maximum Gasteiger partial charge on any atom is 0.307 e. The second-order valence-corrected chi connectivity index (χ2v) is 2.95. The molecule has 0 saturated heterocycles. The minimum Gasteiger partial charge on any atom is -0.506 e. The van der Waals surface area contributed by atoms with Crippen LogP contribution in [0, 0.1) is 18.3 Å². The zero-order valence-corrected chi connectivity index (χ0v) is 7.61. The number of aromatic hydroxyl groups is 1. The molecule has 0 saturated carbocycles. The van der Waals surface area contributed by atoms with Crippen LogP contribution < -0.4 is 0 Å². The van der Waals surface area contributed by atoms with Crippen LogP contribution in [0.2, 0.25) is 0 Å². The van der Waals surface area contributed by atoms with Crippen molar-refractivity contribution < 1.29 is 15.0 Å². The number of carboxylic acids is 1. The molecule has 4 heteroatoms. The minimum atomic E-state index is -1.03. The molecule has 0 amide bonds. The van der Waals surface area contributed by atoms with Crippen molar-refractivity contribution in [3.8, 4) is 11.8 Å². The standard InChI is InChI=1S/C10H9NO3/c1-6-2-3-7(4-9(12)13)10(14)8(6)5-11/h2-3,14H,4H2,1H3,(H,12,13). The van der Waals surface area contributed by atoms with Crippen LogP contribution in [0.15, 0.2) is 12.1 Å². The fraction of sp³-hybridized carbons (Fsp3) is 0.200. The Morgan fingerprint density at radius 1 is 1.57 bits per heavy atom. The van der Waals surface area contributed by atoms with Gasteiger partial charge in [0.05, 0.1) is 12.0 Å². The smallest absolute Gasteiger partial charge is 0.307 e. The molecule has 0 aliphatic heterocycles. The molecule has 4 nitrogen and oxygen atoms in total. The van der Waals surface area contributed by atoms with Crippen molar-refractivity contribution in [3.05, 3.63) is 28.8 Å². The first kappa shape index (κ1) is 10.1. The third-order valence-corrected chi connectivity index (χ3v) is 1.92. The molecule has 0 aliphatic carbocycles. The van der Waals surface area contributed by atoms with E-state index in [1.807, 2.05) is 6.07 Å². The van der Waals surface area contributed by atoms with E-state index in [1.54, 1.807) is 13.0 Å². The van der Waals surface area contributed by atoms with E-state index in [9.17, 15) is 9.90 Å². The molecule has 2 N–H and O–H groups in total. The average Bonchev–Trinajstić information content (AvgIpc) is 2.10. The van der Waals surface area contributed by atoms with E-state index >= 15 is 0 Å². The number of phenolic OH excluding ortho intramolecular Hbond substituents is 1. The lowest BCUT2D eigenvalue weighted by atomic mass is 10.0. The molecule has 72 valence electrons. The van der Waals surface area contributed by atoms with E-state index in [0.29, 0.717) is 5.56 Å². The summed E-state index contributed by atoms with van der Waals surface area (Å²) in [4.78, 5) is 10.4. The number of hydrogen-bond acceptors (Lipinski definition) is 3. The number of carboxylic acid groups (broad SMARTS) is 1. The Hall–Kier alpha value is -2.02. The van der Waals surface area contributed by atoms with Gasteiger partial charge in [-0.3, -0.25) is 4.79 Å². The summed E-state index contributed by atoms with van der Waals surface area (Å²) < 4.78 is 0. The lowest BCUT2D eigenvalue weighted by Gasteiger charge is -2.05. The van der Waals surface area contributed by atoms with Crippen LogP contribution in [0.5, 0.6) is 5.75 Å². The second-order valence-electron chi connectivity index (χ2n) is 2.95. The van der Waals surface area contributed by atoms with Gasteiger partial charge in [0, 0.05) is 5.56 Å². The van der Waals surface area contributed by atoms with E-state index in [-0.39, 0.29) is 23.3 Å². The van der Waals surface area contributed by atoms with Gasteiger partial charge in [0.2, 0.25) is 0 Å². The first-order chi connectivity index (χ1) is 6.56. The molecule has 0 unspecified atom stereocenters. The highest BCUT2D eigenvalue weighted by molar-refractivity contribution is 5.72. The molecule has 0 bridgehead atoms. The highest BCUT2D eigenvalue weighted by Gasteiger charge is 2.11. The highest BCUT2D eigenvalue weighted by atomic mass is 16.4. The Labute approximate surface area is 81.0 Å². The van der Waals surface area contributed by atoms with Crippen LogP contribution >= 0.6 is 0 Å². The van der Waals surface area contributed by atoms with Gasteiger partial charge in [0.15, 0.2) is 0 Å². The molecular weight excluding hydrogens is 182 g/mol. The Balaban J connectivity index is 3.23. The molecule has 0 heterocycles. The number of nitrogens with zero attached hydrogens (tertiary/aromatic N) is 1. The van der Waals surface area contributed by atoms with Crippen molar-refractivity contribution in [1.29, 1.82) is 5.26 Å². The number of hydrogen-bond donors (Lipinski definition) is 2. The van der Waals surface area contributed by atoms with Crippen molar-refractivity contribution >= 4 is 5.97 Å². The quantitative estimate of drug-likeness (QED) is 0.735. The number of rotatable bonds is 2. The average molecular weight is 191 g/mol. The SMILES string of the molecule is Cc1ccc(CC(=O)O)c(O)c1C#N. The molecule has 0 spiro atoms. The molecule has 0 fully saturated rings. The largest absolute Gasteiger partial charge is 0.506 e. The zero-order chi connectivity index (χ0) is 10.7. The number of phenols is 1. The maximum absolute atomic E-state index is 10.4. The van der Waals surface area contributed by atoms with Crippen molar-refractivity contribution in [3.63, 3.8) is 0 Å². The summed E-state index contributed by atoms with van der Waals surface area (Å²) >= 11 is 0. The highest BCUT2D eigenvalue weighted by Crippen LogP contribution is 2.25. The van der Waals surface area contributed by atoms with Crippen molar-refractivity contribution in [2.75, 3.05) is 0 Å². The van der Waals surface area contributed by atoms with E-state index in [0.717, 1.165) is 0 Å². The minimum absolute atomic E-state index is 0.142. The molecule has 0 atom stereocenters. The Bertz CT molecular complexity index is 418. The molecule has 1 aromatic rings. The molecule has 0 aliphatic rings. The zero-order valence-electron chi connectivity index (χ0n) is 7.61. The van der Waals surface area contributed by atoms with E-state index < -0.39 is 5.97 Å². The normalized spacial score (nSPS) is 9.43. The number of aryl methyl sites for hydroxylation is 1. The van der Waals surface area contributed by atoms with E-state index in [4.69, 9.17) is 10.4 Å². The number of carbonyl (C=O) groups is 1. The van der Waals surface area contributed by atoms with Crippen LogP contribution in [0.1, 0.15) is 16.7 Å². The fourth-order valence-corrected chi connectivity index (χ4v) is 1.18. The van der Waals surface area contributed by atoms with Gasteiger partial charge in [0.25, 0.3) is 0 Å². The van der Waals surface area contributed by atoms with Crippen molar-refractivity contribution in [2.45, 2.75) is 13.3 Å². The number of aliphatic carboxylic acids is 1. The monoisotopic (exact) mass is 191 g/mol. The van der Waals surface area contributed by atoms with E-state index in [1.165, 1.54) is 6.07 Å². The third-order valence-electron chi connectivity index (χ3n) is 1.92.